The maximum absolute atomic E-state index is 8.61. The zero-order chi connectivity index (χ0) is 11.7. The van der Waals surface area contributed by atoms with Gasteiger partial charge in [0.25, 0.3) is 0 Å². The molecule has 1 aromatic rings. The zero-order valence-corrected chi connectivity index (χ0v) is 9.93. The predicted molar refractivity (Wildman–Crippen MR) is 65.6 cm³/mol. The number of ether oxygens (including phenoxy) is 1. The van der Waals surface area contributed by atoms with Crippen LogP contribution in [0, 0.1) is 23.2 Å². The van der Waals surface area contributed by atoms with Gasteiger partial charge in [-0.15, -0.1) is 0 Å². The third-order valence-corrected chi connectivity index (χ3v) is 4.17. The van der Waals surface area contributed by atoms with Crippen LogP contribution < -0.4 is 4.74 Å². The number of rotatable bonds is 3. The minimum absolute atomic E-state index is 0.440. The van der Waals surface area contributed by atoms with Gasteiger partial charge in [0, 0.05) is 0 Å². The Kier molecular flexibility index (Phi) is 2.76. The monoisotopic (exact) mass is 227 g/mol. The first kappa shape index (κ1) is 10.7. The van der Waals surface area contributed by atoms with Crippen molar-refractivity contribution < 1.29 is 4.74 Å². The van der Waals surface area contributed by atoms with E-state index >= 15 is 0 Å². The van der Waals surface area contributed by atoms with Crippen molar-refractivity contribution in [3.05, 3.63) is 29.8 Å². The summed E-state index contributed by atoms with van der Waals surface area (Å²) in [6, 6.07) is 10.1. The molecule has 2 aliphatic carbocycles. The van der Waals surface area contributed by atoms with E-state index in [4.69, 9.17) is 10.00 Å². The van der Waals surface area contributed by atoms with Crippen LogP contribution in [-0.4, -0.2) is 6.10 Å². The van der Waals surface area contributed by atoms with E-state index in [0.717, 1.165) is 23.1 Å². The van der Waals surface area contributed by atoms with Crippen LogP contribution >= 0.6 is 0 Å². The second kappa shape index (κ2) is 4.41. The molecular weight excluding hydrogens is 210 g/mol. The predicted octanol–water partition coefficient (Wildman–Crippen LogP) is 3.32. The van der Waals surface area contributed by atoms with Gasteiger partial charge in [0.2, 0.25) is 0 Å². The summed E-state index contributed by atoms with van der Waals surface area (Å²) in [6.07, 6.45) is 6.29. The van der Waals surface area contributed by atoms with Gasteiger partial charge in [-0.25, -0.2) is 0 Å². The number of hydrogen-bond acceptors (Lipinski definition) is 2. The van der Waals surface area contributed by atoms with Crippen molar-refractivity contribution >= 4 is 0 Å². The molecule has 3 atom stereocenters. The lowest BCUT2D eigenvalue weighted by atomic mass is 9.98. The molecule has 2 nitrogen and oxygen atoms in total. The van der Waals surface area contributed by atoms with Gasteiger partial charge in [-0.3, -0.25) is 0 Å². The molecular formula is C15H17NO. The molecule has 0 spiro atoms. The molecule has 0 amide bonds. The maximum atomic E-state index is 8.61. The highest BCUT2D eigenvalue weighted by molar-refractivity contribution is 5.29. The Morgan fingerprint density at radius 1 is 1.18 bits per heavy atom. The quantitative estimate of drug-likeness (QED) is 0.793. The van der Waals surface area contributed by atoms with E-state index in [9.17, 15) is 0 Å². The molecule has 3 rings (SSSR count). The highest BCUT2D eigenvalue weighted by Gasteiger charge is 2.40. The van der Waals surface area contributed by atoms with Crippen LogP contribution in [0.4, 0.5) is 0 Å². The summed E-state index contributed by atoms with van der Waals surface area (Å²) in [6.45, 7) is 0. The van der Waals surface area contributed by atoms with Crippen molar-refractivity contribution in [3.63, 3.8) is 0 Å². The first-order valence-electron chi connectivity index (χ1n) is 6.47. The summed E-state index contributed by atoms with van der Waals surface area (Å²) in [4.78, 5) is 0. The molecule has 0 heterocycles. The standard InChI is InChI=1S/C15H17NO/c16-8-7-11-2-5-14(6-3-11)17-15-10-12-1-4-13(15)9-12/h2-3,5-6,12-13,15H,1,4,7,9-10H2. The minimum atomic E-state index is 0.440. The van der Waals surface area contributed by atoms with Crippen molar-refractivity contribution in [1.82, 2.24) is 0 Å². The molecule has 3 unspecified atom stereocenters. The summed E-state index contributed by atoms with van der Waals surface area (Å²) < 4.78 is 6.06. The summed E-state index contributed by atoms with van der Waals surface area (Å²) in [7, 11) is 0. The normalized spacial score (nSPS) is 30.2. The van der Waals surface area contributed by atoms with E-state index in [1.807, 2.05) is 24.3 Å². The summed E-state index contributed by atoms with van der Waals surface area (Å²) in [5, 5.41) is 8.61. The molecule has 0 radical (unpaired) electrons. The average Bonchev–Trinajstić information content (AvgIpc) is 2.94. The van der Waals surface area contributed by atoms with Gasteiger partial charge in [-0.2, -0.15) is 5.26 Å². The molecule has 0 aliphatic heterocycles. The molecule has 0 aromatic heterocycles. The third kappa shape index (κ3) is 2.15. The van der Waals surface area contributed by atoms with Gasteiger partial charge in [0.1, 0.15) is 11.9 Å². The molecule has 88 valence electrons. The van der Waals surface area contributed by atoms with Crippen molar-refractivity contribution in [1.29, 1.82) is 5.26 Å². The molecule has 2 bridgehead atoms. The van der Waals surface area contributed by atoms with Gasteiger partial charge in [0.15, 0.2) is 0 Å². The van der Waals surface area contributed by atoms with Gasteiger partial charge in [-0.05, 0) is 55.2 Å². The summed E-state index contributed by atoms with van der Waals surface area (Å²) in [5.41, 5.74) is 1.06. The molecule has 0 N–H and O–H groups in total. The zero-order valence-electron chi connectivity index (χ0n) is 9.93. The van der Waals surface area contributed by atoms with E-state index in [1.54, 1.807) is 0 Å². The lowest BCUT2D eigenvalue weighted by molar-refractivity contribution is 0.138. The smallest absolute Gasteiger partial charge is 0.119 e. The Bertz CT molecular complexity index is 431. The minimum Gasteiger partial charge on any atom is -0.490 e. The Labute approximate surface area is 102 Å². The van der Waals surface area contributed by atoms with Crippen LogP contribution in [0.2, 0.25) is 0 Å². The molecule has 1 aromatic carbocycles. The third-order valence-electron chi connectivity index (χ3n) is 4.17. The molecule has 0 saturated heterocycles. The lowest BCUT2D eigenvalue weighted by Gasteiger charge is -2.23. The topological polar surface area (TPSA) is 33.0 Å². The number of hydrogen-bond donors (Lipinski definition) is 0. The molecule has 17 heavy (non-hydrogen) atoms. The van der Waals surface area contributed by atoms with E-state index in [1.165, 1.54) is 25.7 Å². The SMILES string of the molecule is N#CCc1ccc(OC2CC3CCC2C3)cc1. The van der Waals surface area contributed by atoms with Gasteiger partial charge in [0.05, 0.1) is 12.5 Å². The fourth-order valence-corrected chi connectivity index (χ4v) is 3.28. The highest BCUT2D eigenvalue weighted by Crippen LogP contribution is 2.45. The van der Waals surface area contributed by atoms with Crippen molar-refractivity contribution in [2.24, 2.45) is 11.8 Å². The number of benzene rings is 1. The molecule has 2 aliphatic rings. The number of nitriles is 1. The van der Waals surface area contributed by atoms with Crippen LogP contribution in [0.15, 0.2) is 24.3 Å². The lowest BCUT2D eigenvalue weighted by Crippen LogP contribution is -2.23. The number of nitrogens with zero attached hydrogens (tertiary/aromatic N) is 1. The average molecular weight is 227 g/mol. The second-order valence-corrected chi connectivity index (χ2v) is 5.31. The highest BCUT2D eigenvalue weighted by atomic mass is 16.5. The van der Waals surface area contributed by atoms with Gasteiger partial charge in [-0.1, -0.05) is 12.1 Å². The fourth-order valence-electron chi connectivity index (χ4n) is 3.28. The van der Waals surface area contributed by atoms with Gasteiger partial charge >= 0.3 is 0 Å². The Hall–Kier alpha value is -1.49. The fraction of sp³-hybridized carbons (Fsp3) is 0.533. The van der Waals surface area contributed by atoms with Crippen LogP contribution in [0.3, 0.4) is 0 Å². The molecule has 2 fully saturated rings. The van der Waals surface area contributed by atoms with E-state index in [2.05, 4.69) is 6.07 Å². The van der Waals surface area contributed by atoms with Crippen LogP contribution in [0.25, 0.3) is 0 Å². The second-order valence-electron chi connectivity index (χ2n) is 5.31. The van der Waals surface area contributed by atoms with Gasteiger partial charge < -0.3 is 4.74 Å². The van der Waals surface area contributed by atoms with Crippen molar-refractivity contribution in [2.45, 2.75) is 38.2 Å². The number of fused-ring (bicyclic) bond motifs is 2. The summed E-state index contributed by atoms with van der Waals surface area (Å²) in [5.74, 6) is 2.67. The van der Waals surface area contributed by atoms with E-state index in [0.29, 0.717) is 12.5 Å². The van der Waals surface area contributed by atoms with Crippen LogP contribution in [0.5, 0.6) is 5.75 Å². The Morgan fingerprint density at radius 3 is 2.59 bits per heavy atom. The van der Waals surface area contributed by atoms with Crippen LogP contribution in [0.1, 0.15) is 31.2 Å². The Balaban J connectivity index is 1.63. The van der Waals surface area contributed by atoms with Crippen LogP contribution in [-0.2, 0) is 6.42 Å². The Morgan fingerprint density at radius 2 is 2.00 bits per heavy atom. The molecule has 2 heteroatoms. The first-order valence-corrected chi connectivity index (χ1v) is 6.47. The van der Waals surface area contributed by atoms with Crippen molar-refractivity contribution in [3.8, 4) is 11.8 Å². The molecule has 2 saturated carbocycles. The maximum Gasteiger partial charge on any atom is 0.119 e. The van der Waals surface area contributed by atoms with E-state index in [-0.39, 0.29) is 0 Å². The summed E-state index contributed by atoms with van der Waals surface area (Å²) >= 11 is 0. The van der Waals surface area contributed by atoms with Crippen molar-refractivity contribution in [2.75, 3.05) is 0 Å². The first-order chi connectivity index (χ1) is 8.35. The van der Waals surface area contributed by atoms with E-state index < -0.39 is 0 Å². The largest absolute Gasteiger partial charge is 0.490 e.